The Hall–Kier alpha value is -1.24. The van der Waals surface area contributed by atoms with Crippen LogP contribution in [0.25, 0.3) is 0 Å². The summed E-state index contributed by atoms with van der Waals surface area (Å²) in [5, 5.41) is 0. The van der Waals surface area contributed by atoms with Gasteiger partial charge in [0.15, 0.2) is 0 Å². The Bertz CT molecular complexity index is 552. The Kier molecular flexibility index (Phi) is 5.50. The van der Waals surface area contributed by atoms with E-state index in [1.807, 2.05) is 30.3 Å². The molecule has 0 amide bonds. The van der Waals surface area contributed by atoms with E-state index in [2.05, 4.69) is 22.6 Å². The Balaban J connectivity index is 2.14. The summed E-state index contributed by atoms with van der Waals surface area (Å²) in [6.45, 7) is 0. The predicted octanol–water partition coefficient (Wildman–Crippen LogP) is 5.65. The first-order chi connectivity index (χ1) is 10.0. The topological polar surface area (TPSA) is 9.23 Å². The molecule has 0 saturated heterocycles. The normalized spacial score (nSPS) is 13.0. The molecule has 0 saturated carbocycles. The van der Waals surface area contributed by atoms with Crippen molar-refractivity contribution >= 4 is 22.6 Å². The van der Waals surface area contributed by atoms with Crippen LogP contribution in [0.2, 0.25) is 0 Å². The van der Waals surface area contributed by atoms with Crippen LogP contribution in [0.5, 0.6) is 5.75 Å². The first kappa shape index (κ1) is 16.1. The molecule has 1 nitrogen and oxygen atoms in total. The summed E-state index contributed by atoms with van der Waals surface area (Å²) < 4.78 is 44.3. The SMILES string of the molecule is FC(F)(F)c1ccc(OC(CCI)c2ccccc2)cc1. The number of halogens is 4. The fourth-order valence-electron chi connectivity index (χ4n) is 1.95. The van der Waals surface area contributed by atoms with Gasteiger partial charge in [-0.3, -0.25) is 0 Å². The van der Waals surface area contributed by atoms with Gasteiger partial charge in [0.25, 0.3) is 0 Å². The molecule has 0 aromatic heterocycles. The van der Waals surface area contributed by atoms with Crippen LogP contribution >= 0.6 is 22.6 Å². The fraction of sp³-hybridized carbons (Fsp3) is 0.250. The minimum absolute atomic E-state index is 0.153. The lowest BCUT2D eigenvalue weighted by molar-refractivity contribution is -0.137. The van der Waals surface area contributed by atoms with Gasteiger partial charge in [0, 0.05) is 4.43 Å². The highest BCUT2D eigenvalue weighted by Gasteiger charge is 2.30. The third kappa shape index (κ3) is 4.62. The second-order valence-corrected chi connectivity index (χ2v) is 5.60. The van der Waals surface area contributed by atoms with Crippen molar-refractivity contribution in [3.63, 3.8) is 0 Å². The second kappa shape index (κ2) is 7.15. The van der Waals surface area contributed by atoms with E-state index >= 15 is 0 Å². The Morgan fingerprint density at radius 1 is 0.952 bits per heavy atom. The molecule has 0 aliphatic rings. The van der Waals surface area contributed by atoms with Gasteiger partial charge in [-0.1, -0.05) is 52.9 Å². The lowest BCUT2D eigenvalue weighted by Crippen LogP contribution is -2.09. The number of hydrogen-bond acceptors (Lipinski definition) is 1. The summed E-state index contributed by atoms with van der Waals surface area (Å²) in [5.41, 5.74) is 0.356. The molecular formula is C16H14F3IO. The summed E-state index contributed by atoms with van der Waals surface area (Å²) in [6.07, 6.45) is -3.68. The van der Waals surface area contributed by atoms with Gasteiger partial charge in [-0.15, -0.1) is 0 Å². The van der Waals surface area contributed by atoms with Crippen molar-refractivity contribution < 1.29 is 17.9 Å². The zero-order valence-corrected chi connectivity index (χ0v) is 13.3. The van der Waals surface area contributed by atoms with Gasteiger partial charge in [-0.05, 0) is 36.2 Å². The monoisotopic (exact) mass is 406 g/mol. The molecule has 0 aliphatic heterocycles. The van der Waals surface area contributed by atoms with Crippen molar-refractivity contribution in [2.24, 2.45) is 0 Å². The third-order valence-electron chi connectivity index (χ3n) is 3.00. The molecular weight excluding hydrogens is 392 g/mol. The zero-order chi connectivity index (χ0) is 15.3. The third-order valence-corrected chi connectivity index (χ3v) is 3.63. The molecule has 2 aromatic carbocycles. The van der Waals surface area contributed by atoms with Gasteiger partial charge in [0.2, 0.25) is 0 Å². The van der Waals surface area contributed by atoms with E-state index in [9.17, 15) is 13.2 Å². The van der Waals surface area contributed by atoms with Gasteiger partial charge >= 0.3 is 6.18 Å². The molecule has 112 valence electrons. The van der Waals surface area contributed by atoms with Crippen LogP contribution in [-0.2, 0) is 6.18 Å². The van der Waals surface area contributed by atoms with Gasteiger partial charge < -0.3 is 4.74 Å². The highest BCUT2D eigenvalue weighted by molar-refractivity contribution is 14.1. The van der Waals surface area contributed by atoms with Crippen molar-refractivity contribution in [2.75, 3.05) is 4.43 Å². The fourth-order valence-corrected chi connectivity index (χ4v) is 2.51. The van der Waals surface area contributed by atoms with Crippen molar-refractivity contribution in [3.8, 4) is 5.75 Å². The summed E-state index contributed by atoms with van der Waals surface area (Å²) in [5.74, 6) is 0.446. The number of ether oxygens (including phenoxy) is 1. The van der Waals surface area contributed by atoms with E-state index in [0.717, 1.165) is 28.5 Å². The number of benzene rings is 2. The smallest absolute Gasteiger partial charge is 0.416 e. The van der Waals surface area contributed by atoms with Crippen LogP contribution in [0.1, 0.15) is 23.7 Å². The molecule has 0 spiro atoms. The lowest BCUT2D eigenvalue weighted by Gasteiger charge is -2.19. The Morgan fingerprint density at radius 2 is 1.57 bits per heavy atom. The largest absolute Gasteiger partial charge is 0.486 e. The Labute approximate surface area is 135 Å². The molecule has 2 aromatic rings. The summed E-state index contributed by atoms with van der Waals surface area (Å²) >= 11 is 2.26. The van der Waals surface area contributed by atoms with E-state index < -0.39 is 11.7 Å². The zero-order valence-electron chi connectivity index (χ0n) is 11.1. The van der Waals surface area contributed by atoms with Crippen LogP contribution in [0, 0.1) is 0 Å². The van der Waals surface area contributed by atoms with Crippen molar-refractivity contribution in [2.45, 2.75) is 18.7 Å². The average Bonchev–Trinajstić information content (AvgIpc) is 2.47. The first-order valence-electron chi connectivity index (χ1n) is 6.45. The molecule has 2 rings (SSSR count). The minimum atomic E-state index is -4.32. The van der Waals surface area contributed by atoms with Gasteiger partial charge in [0.1, 0.15) is 11.9 Å². The standard InChI is InChI=1S/C16H14F3IO/c17-16(18,19)13-6-8-14(9-7-13)21-15(10-11-20)12-4-2-1-3-5-12/h1-9,15H,10-11H2. The maximum Gasteiger partial charge on any atom is 0.416 e. The van der Waals surface area contributed by atoms with Crippen LogP contribution in [0.4, 0.5) is 13.2 Å². The maximum absolute atomic E-state index is 12.5. The van der Waals surface area contributed by atoms with E-state index in [-0.39, 0.29) is 6.10 Å². The van der Waals surface area contributed by atoms with Gasteiger partial charge in [0.05, 0.1) is 5.56 Å². The van der Waals surface area contributed by atoms with E-state index in [0.29, 0.717) is 5.75 Å². The highest BCUT2D eigenvalue weighted by Crippen LogP contribution is 2.32. The van der Waals surface area contributed by atoms with E-state index in [1.54, 1.807) is 0 Å². The van der Waals surface area contributed by atoms with Crippen LogP contribution in [-0.4, -0.2) is 4.43 Å². The summed E-state index contributed by atoms with van der Waals surface area (Å²) in [4.78, 5) is 0. The van der Waals surface area contributed by atoms with Gasteiger partial charge in [-0.25, -0.2) is 0 Å². The van der Waals surface area contributed by atoms with Crippen LogP contribution in [0.3, 0.4) is 0 Å². The maximum atomic E-state index is 12.5. The molecule has 0 radical (unpaired) electrons. The quantitative estimate of drug-likeness (QED) is 0.461. The van der Waals surface area contributed by atoms with Crippen LogP contribution < -0.4 is 4.74 Å². The number of rotatable bonds is 5. The second-order valence-electron chi connectivity index (χ2n) is 4.52. The van der Waals surface area contributed by atoms with Crippen molar-refractivity contribution in [1.82, 2.24) is 0 Å². The number of hydrogen-bond donors (Lipinski definition) is 0. The lowest BCUT2D eigenvalue weighted by atomic mass is 10.1. The summed E-state index contributed by atoms with van der Waals surface area (Å²) in [6, 6.07) is 14.5. The molecule has 5 heteroatoms. The molecule has 0 N–H and O–H groups in total. The van der Waals surface area contributed by atoms with Crippen molar-refractivity contribution in [1.29, 1.82) is 0 Å². The molecule has 0 heterocycles. The molecule has 1 unspecified atom stereocenters. The molecule has 21 heavy (non-hydrogen) atoms. The summed E-state index contributed by atoms with van der Waals surface area (Å²) in [7, 11) is 0. The van der Waals surface area contributed by atoms with Crippen molar-refractivity contribution in [3.05, 3.63) is 65.7 Å². The Morgan fingerprint density at radius 3 is 2.10 bits per heavy atom. The number of alkyl halides is 4. The molecule has 0 aliphatic carbocycles. The average molecular weight is 406 g/mol. The first-order valence-corrected chi connectivity index (χ1v) is 7.98. The highest BCUT2D eigenvalue weighted by atomic mass is 127. The predicted molar refractivity (Wildman–Crippen MR) is 84.8 cm³/mol. The molecule has 1 atom stereocenters. The molecule has 0 bridgehead atoms. The molecule has 0 fully saturated rings. The van der Waals surface area contributed by atoms with Crippen LogP contribution in [0.15, 0.2) is 54.6 Å². The van der Waals surface area contributed by atoms with Gasteiger partial charge in [-0.2, -0.15) is 13.2 Å². The van der Waals surface area contributed by atoms with E-state index in [1.165, 1.54) is 12.1 Å². The van der Waals surface area contributed by atoms with E-state index in [4.69, 9.17) is 4.74 Å². The minimum Gasteiger partial charge on any atom is -0.486 e.